The number of esters is 2. The van der Waals surface area contributed by atoms with E-state index in [4.69, 9.17) is 18.9 Å². The minimum Gasteiger partial charge on any atom is -0.482 e. The second-order valence-electron chi connectivity index (χ2n) is 7.84. The first-order valence-electron chi connectivity index (χ1n) is 12.2. The molecule has 0 aliphatic heterocycles. The smallest absolute Gasteiger partial charge is 0.412 e. The largest absolute Gasteiger partial charge is 0.482 e. The van der Waals surface area contributed by atoms with Crippen molar-refractivity contribution in [3.63, 3.8) is 0 Å². The second kappa shape index (κ2) is 16.2. The Kier molecular flexibility index (Phi) is 12.6. The van der Waals surface area contributed by atoms with Gasteiger partial charge in [-0.3, -0.25) is 19.7 Å². The number of nitrogens with zero attached hydrogens (tertiary/aromatic N) is 1. The van der Waals surface area contributed by atoms with Gasteiger partial charge in [-0.2, -0.15) is 0 Å². The van der Waals surface area contributed by atoms with Crippen molar-refractivity contribution in [2.24, 2.45) is 4.99 Å². The van der Waals surface area contributed by atoms with Gasteiger partial charge in [0.25, 0.3) is 5.91 Å². The minimum atomic E-state index is -0.804. The van der Waals surface area contributed by atoms with Crippen molar-refractivity contribution in [1.29, 1.82) is 0 Å². The first-order chi connectivity index (χ1) is 18.7. The highest BCUT2D eigenvalue weighted by molar-refractivity contribution is 6.04. The van der Waals surface area contributed by atoms with Crippen molar-refractivity contribution in [2.75, 3.05) is 26.4 Å². The number of nitrogens with one attached hydrogen (secondary N) is 2. The molecule has 0 heterocycles. The summed E-state index contributed by atoms with van der Waals surface area (Å²) >= 11 is 0. The van der Waals surface area contributed by atoms with Crippen LogP contribution in [0.1, 0.15) is 47.9 Å². The van der Waals surface area contributed by atoms with Gasteiger partial charge in [0.15, 0.2) is 12.4 Å². The average Bonchev–Trinajstić information content (AvgIpc) is 2.94. The lowest BCUT2D eigenvalue weighted by atomic mass is 10.0. The predicted octanol–water partition coefficient (Wildman–Crippen LogP) is 2.97. The zero-order valence-corrected chi connectivity index (χ0v) is 21.9. The summed E-state index contributed by atoms with van der Waals surface area (Å²) in [5, 5.41) is 4.96. The van der Waals surface area contributed by atoms with Crippen LogP contribution in [0, 0.1) is 0 Å². The van der Waals surface area contributed by atoms with Crippen LogP contribution in [0.25, 0.3) is 0 Å². The molecule has 0 spiro atoms. The predicted molar refractivity (Wildman–Crippen MR) is 140 cm³/mol. The molecule has 0 bridgehead atoms. The lowest BCUT2D eigenvalue weighted by Crippen LogP contribution is -2.38. The van der Waals surface area contributed by atoms with Crippen LogP contribution in [0.5, 0.6) is 5.75 Å². The molecule has 39 heavy (non-hydrogen) atoms. The minimum absolute atomic E-state index is 0.0369. The molecule has 2 amide bonds. The van der Waals surface area contributed by atoms with E-state index in [0.29, 0.717) is 22.6 Å². The van der Waals surface area contributed by atoms with Gasteiger partial charge in [0, 0.05) is 17.5 Å². The fourth-order valence-electron chi connectivity index (χ4n) is 2.95. The molecule has 12 heteroatoms. The standard InChI is InChI=1S/C27H31N3O9/c1-4-23(31)37-14-15-38-27(35)29-17-28-21-10-6-20(7-11-21)26(34)30-18(3)25(33)19-8-12-22(13-9-19)39-16-24(32)36-5-2/h6-13,17-18H,4-5,14-16H2,1-3H3,(H,30,34)(H,28,29,35)/t18-/m0/s1. The number of benzene rings is 2. The van der Waals surface area contributed by atoms with Gasteiger partial charge in [-0.15, -0.1) is 0 Å². The number of carbonyl (C=O) groups is 5. The third-order valence-corrected chi connectivity index (χ3v) is 4.94. The molecule has 0 unspecified atom stereocenters. The zero-order valence-electron chi connectivity index (χ0n) is 21.9. The number of hydrogen-bond donors (Lipinski definition) is 2. The summed E-state index contributed by atoms with van der Waals surface area (Å²) in [5.41, 5.74) is 1.13. The van der Waals surface area contributed by atoms with Crippen molar-refractivity contribution in [1.82, 2.24) is 10.6 Å². The van der Waals surface area contributed by atoms with Gasteiger partial charge < -0.3 is 24.3 Å². The number of ketones is 1. The van der Waals surface area contributed by atoms with Crippen molar-refractivity contribution < 1.29 is 42.9 Å². The van der Waals surface area contributed by atoms with E-state index in [9.17, 15) is 24.0 Å². The van der Waals surface area contributed by atoms with E-state index in [2.05, 4.69) is 15.6 Å². The van der Waals surface area contributed by atoms with Gasteiger partial charge in [-0.05, 0) is 62.4 Å². The first-order valence-corrected chi connectivity index (χ1v) is 12.2. The van der Waals surface area contributed by atoms with E-state index in [1.807, 2.05) is 0 Å². The number of alkyl carbamates (subject to hydrolysis) is 1. The number of hydrogen-bond acceptors (Lipinski definition) is 10. The maximum Gasteiger partial charge on any atom is 0.412 e. The van der Waals surface area contributed by atoms with Gasteiger partial charge in [0.2, 0.25) is 0 Å². The van der Waals surface area contributed by atoms with Crippen LogP contribution >= 0.6 is 0 Å². The molecule has 0 saturated carbocycles. The third kappa shape index (κ3) is 11.0. The average molecular weight is 542 g/mol. The topological polar surface area (TPSA) is 159 Å². The summed E-state index contributed by atoms with van der Waals surface area (Å²) in [6.45, 7) is 4.82. The molecule has 0 saturated heterocycles. The maximum absolute atomic E-state index is 12.7. The van der Waals surface area contributed by atoms with E-state index in [0.717, 1.165) is 6.34 Å². The molecular weight excluding hydrogens is 510 g/mol. The molecule has 2 aromatic rings. The van der Waals surface area contributed by atoms with Crippen molar-refractivity contribution >= 4 is 41.7 Å². The lowest BCUT2D eigenvalue weighted by Gasteiger charge is -2.13. The Bertz CT molecular complexity index is 1160. The fourth-order valence-corrected chi connectivity index (χ4v) is 2.95. The van der Waals surface area contributed by atoms with E-state index < -0.39 is 24.0 Å². The summed E-state index contributed by atoms with van der Waals surface area (Å²) in [7, 11) is 0. The van der Waals surface area contributed by atoms with Crippen LogP contribution in [-0.2, 0) is 23.8 Å². The van der Waals surface area contributed by atoms with Gasteiger partial charge in [-0.1, -0.05) is 6.92 Å². The third-order valence-electron chi connectivity index (χ3n) is 4.94. The molecule has 2 rings (SSSR count). The summed E-state index contributed by atoms with van der Waals surface area (Å²) < 4.78 is 19.7. The Labute approximate surface area is 225 Å². The monoisotopic (exact) mass is 541 g/mol. The Balaban J connectivity index is 1.79. The number of Topliss-reactive ketones (excluding diaryl/α,β-unsaturated/α-hetero) is 1. The summed E-state index contributed by atoms with van der Waals surface area (Å²) in [5.74, 6) is -1.23. The molecule has 208 valence electrons. The normalized spacial score (nSPS) is 11.3. The SMILES string of the molecule is CCOC(=O)COc1ccc(C(=O)[C@H](C)NC(=O)c2ccc(N=CNC(=O)OCCOC(=O)CC)cc2)cc1. The van der Waals surface area contributed by atoms with Crippen LogP contribution in [-0.4, -0.2) is 68.5 Å². The Morgan fingerprint density at radius 2 is 1.49 bits per heavy atom. The quantitative estimate of drug-likeness (QED) is 0.0915. The highest BCUT2D eigenvalue weighted by Gasteiger charge is 2.18. The lowest BCUT2D eigenvalue weighted by molar-refractivity contribution is -0.145. The summed E-state index contributed by atoms with van der Waals surface area (Å²) in [6.07, 6.45) is 0.603. The Morgan fingerprint density at radius 3 is 2.13 bits per heavy atom. The van der Waals surface area contributed by atoms with E-state index in [1.165, 1.54) is 12.1 Å². The molecule has 2 aromatic carbocycles. The van der Waals surface area contributed by atoms with Crippen molar-refractivity contribution in [2.45, 2.75) is 33.2 Å². The number of ether oxygens (including phenoxy) is 4. The Morgan fingerprint density at radius 1 is 0.846 bits per heavy atom. The molecule has 12 nitrogen and oxygen atoms in total. The Hall–Kier alpha value is -4.74. The van der Waals surface area contributed by atoms with Gasteiger partial charge in [0.05, 0.1) is 24.7 Å². The number of rotatable bonds is 14. The zero-order chi connectivity index (χ0) is 28.6. The fraction of sp³-hybridized carbons (Fsp3) is 0.333. The van der Waals surface area contributed by atoms with E-state index in [-0.39, 0.29) is 44.6 Å². The molecular formula is C27H31N3O9. The molecule has 0 aliphatic rings. The molecule has 0 aromatic heterocycles. The van der Waals surface area contributed by atoms with Crippen LogP contribution < -0.4 is 15.4 Å². The molecule has 1 atom stereocenters. The van der Waals surface area contributed by atoms with Crippen molar-refractivity contribution in [3.05, 3.63) is 59.7 Å². The summed E-state index contributed by atoms with van der Waals surface area (Å²) in [6, 6.07) is 11.6. The number of amides is 2. The molecule has 0 fully saturated rings. The first kappa shape index (κ1) is 30.5. The molecule has 0 radical (unpaired) electrons. The second-order valence-corrected chi connectivity index (χ2v) is 7.84. The van der Waals surface area contributed by atoms with Crippen LogP contribution in [0.3, 0.4) is 0 Å². The van der Waals surface area contributed by atoms with Gasteiger partial charge in [0.1, 0.15) is 19.0 Å². The van der Waals surface area contributed by atoms with Crippen molar-refractivity contribution in [3.8, 4) is 5.75 Å². The van der Waals surface area contributed by atoms with E-state index in [1.54, 1.807) is 57.2 Å². The molecule has 2 N–H and O–H groups in total. The maximum atomic E-state index is 12.7. The highest BCUT2D eigenvalue weighted by atomic mass is 16.6. The molecule has 0 aliphatic carbocycles. The van der Waals surface area contributed by atoms with Gasteiger partial charge in [-0.25, -0.2) is 14.6 Å². The van der Waals surface area contributed by atoms with Gasteiger partial charge >= 0.3 is 18.0 Å². The number of aliphatic imine (C=N–C) groups is 1. The van der Waals surface area contributed by atoms with Crippen LogP contribution in [0.4, 0.5) is 10.5 Å². The van der Waals surface area contributed by atoms with Crippen LogP contribution in [0.2, 0.25) is 0 Å². The van der Waals surface area contributed by atoms with E-state index >= 15 is 0 Å². The highest BCUT2D eigenvalue weighted by Crippen LogP contribution is 2.15. The number of carbonyl (C=O) groups excluding carboxylic acids is 5. The van der Waals surface area contributed by atoms with Crippen LogP contribution in [0.15, 0.2) is 53.5 Å². The summed E-state index contributed by atoms with van der Waals surface area (Å²) in [4.78, 5) is 63.3.